The number of aliphatic hydroxyl groups is 1. The summed E-state index contributed by atoms with van der Waals surface area (Å²) < 4.78 is 0. The van der Waals surface area contributed by atoms with Crippen LogP contribution in [-0.4, -0.2) is 16.7 Å². The lowest BCUT2D eigenvalue weighted by molar-refractivity contribution is -0.129. The van der Waals surface area contributed by atoms with Gasteiger partial charge in [-0.05, 0) is 18.1 Å². The molecule has 1 amide bonds. The van der Waals surface area contributed by atoms with Crippen molar-refractivity contribution in [2.75, 3.05) is 0 Å². The van der Waals surface area contributed by atoms with Crippen molar-refractivity contribution in [3.8, 4) is 0 Å². The third-order valence-electron chi connectivity index (χ3n) is 3.02. The van der Waals surface area contributed by atoms with E-state index in [0.29, 0.717) is 12.0 Å². The van der Waals surface area contributed by atoms with Gasteiger partial charge in [-0.1, -0.05) is 60.7 Å². The predicted molar refractivity (Wildman–Crippen MR) is 82.8 cm³/mol. The lowest BCUT2D eigenvalue weighted by Crippen LogP contribution is -2.26. The van der Waals surface area contributed by atoms with E-state index in [1.54, 1.807) is 24.3 Å². The van der Waals surface area contributed by atoms with Gasteiger partial charge in [-0.3, -0.25) is 4.79 Å². The molecule has 0 spiro atoms. The first-order chi connectivity index (χ1) is 10.2. The number of hydrazone groups is 1. The van der Waals surface area contributed by atoms with Gasteiger partial charge in [-0.2, -0.15) is 5.10 Å². The van der Waals surface area contributed by atoms with Gasteiger partial charge in [-0.25, -0.2) is 5.43 Å². The summed E-state index contributed by atoms with van der Waals surface area (Å²) in [7, 11) is 0. The van der Waals surface area contributed by atoms with Crippen LogP contribution in [0.2, 0.25) is 0 Å². The predicted octanol–water partition coefficient (Wildman–Crippen LogP) is 2.45. The Hall–Kier alpha value is -2.46. The molecule has 2 aromatic carbocycles. The van der Waals surface area contributed by atoms with E-state index in [0.717, 1.165) is 11.3 Å². The van der Waals surface area contributed by atoms with Crippen molar-refractivity contribution in [1.29, 1.82) is 0 Å². The van der Waals surface area contributed by atoms with Gasteiger partial charge in [0.05, 0.1) is 0 Å². The molecule has 0 fully saturated rings. The lowest BCUT2D eigenvalue weighted by Gasteiger charge is -2.09. The van der Waals surface area contributed by atoms with Crippen LogP contribution in [0.1, 0.15) is 24.2 Å². The molecule has 0 aliphatic rings. The largest absolute Gasteiger partial charge is 0.378 e. The van der Waals surface area contributed by atoms with Crippen LogP contribution in [0, 0.1) is 0 Å². The quantitative estimate of drug-likeness (QED) is 0.653. The maximum absolute atomic E-state index is 11.8. The molecule has 0 aliphatic carbocycles. The molecule has 0 bridgehead atoms. The summed E-state index contributed by atoms with van der Waals surface area (Å²) in [6.45, 7) is 1.84. The summed E-state index contributed by atoms with van der Waals surface area (Å²) in [5.74, 6) is -0.534. The monoisotopic (exact) mass is 282 g/mol. The number of carbonyl (C=O) groups excluding carboxylic acids is 1. The van der Waals surface area contributed by atoms with Crippen molar-refractivity contribution < 1.29 is 9.90 Å². The SMILES string of the molecule is C/C(Cc1ccccc1)=N\NC(=O)C(O)c1ccccc1. The van der Waals surface area contributed by atoms with Crippen LogP contribution in [0.25, 0.3) is 0 Å². The highest BCUT2D eigenvalue weighted by Crippen LogP contribution is 2.11. The summed E-state index contributed by atoms with van der Waals surface area (Å²) in [4.78, 5) is 11.8. The molecule has 0 aromatic heterocycles. The molecular formula is C17H18N2O2. The molecule has 4 nitrogen and oxygen atoms in total. The zero-order chi connectivity index (χ0) is 15.1. The molecule has 4 heteroatoms. The third kappa shape index (κ3) is 4.54. The number of rotatable bonds is 5. The van der Waals surface area contributed by atoms with Gasteiger partial charge in [-0.15, -0.1) is 0 Å². The number of aliphatic hydroxyl groups excluding tert-OH is 1. The van der Waals surface area contributed by atoms with Gasteiger partial charge >= 0.3 is 0 Å². The van der Waals surface area contributed by atoms with Gasteiger partial charge in [0.2, 0.25) is 0 Å². The van der Waals surface area contributed by atoms with E-state index >= 15 is 0 Å². The maximum atomic E-state index is 11.8. The Kier molecular flexibility index (Phi) is 5.23. The molecule has 0 heterocycles. The van der Waals surface area contributed by atoms with Crippen molar-refractivity contribution >= 4 is 11.6 Å². The Bertz CT molecular complexity index is 609. The second kappa shape index (κ2) is 7.36. The standard InChI is InChI=1S/C17H18N2O2/c1-13(12-14-8-4-2-5-9-14)18-19-17(21)16(20)15-10-6-3-7-11-15/h2-11,16,20H,12H2,1H3,(H,19,21)/b18-13+. The summed E-state index contributed by atoms with van der Waals surface area (Å²) in [5.41, 5.74) is 4.84. The molecule has 1 atom stereocenters. The van der Waals surface area contributed by atoms with Crippen molar-refractivity contribution in [3.63, 3.8) is 0 Å². The molecule has 0 saturated carbocycles. The smallest absolute Gasteiger partial charge is 0.273 e. The second-order valence-corrected chi connectivity index (χ2v) is 4.80. The molecule has 0 aliphatic heterocycles. The minimum Gasteiger partial charge on any atom is -0.378 e. The molecule has 2 rings (SSSR count). The van der Waals surface area contributed by atoms with Crippen molar-refractivity contribution in [3.05, 3.63) is 71.8 Å². The van der Waals surface area contributed by atoms with Crippen LogP contribution >= 0.6 is 0 Å². The first-order valence-corrected chi connectivity index (χ1v) is 6.77. The number of nitrogens with one attached hydrogen (secondary N) is 1. The summed E-state index contributed by atoms with van der Waals surface area (Å²) >= 11 is 0. The van der Waals surface area contributed by atoms with Gasteiger partial charge < -0.3 is 5.11 Å². The molecule has 0 radical (unpaired) electrons. The molecule has 1 unspecified atom stereocenters. The van der Waals surface area contributed by atoms with Gasteiger partial charge in [0.15, 0.2) is 6.10 Å². The van der Waals surface area contributed by atoms with Crippen molar-refractivity contribution in [1.82, 2.24) is 5.43 Å². The average Bonchev–Trinajstić information content (AvgIpc) is 2.53. The molecule has 21 heavy (non-hydrogen) atoms. The maximum Gasteiger partial charge on any atom is 0.273 e. The van der Waals surface area contributed by atoms with E-state index in [-0.39, 0.29) is 0 Å². The van der Waals surface area contributed by atoms with Crippen LogP contribution in [0.3, 0.4) is 0 Å². The van der Waals surface area contributed by atoms with Crippen LogP contribution in [0.15, 0.2) is 65.8 Å². The zero-order valence-corrected chi connectivity index (χ0v) is 11.9. The van der Waals surface area contributed by atoms with E-state index in [2.05, 4.69) is 10.5 Å². The van der Waals surface area contributed by atoms with Gasteiger partial charge in [0.25, 0.3) is 5.91 Å². The van der Waals surface area contributed by atoms with E-state index in [1.165, 1.54) is 0 Å². The first kappa shape index (κ1) is 14.9. The number of hydrogen-bond donors (Lipinski definition) is 2. The average molecular weight is 282 g/mol. The van der Waals surface area contributed by atoms with Crippen molar-refractivity contribution in [2.45, 2.75) is 19.4 Å². The number of carbonyl (C=O) groups is 1. The van der Waals surface area contributed by atoms with Crippen LogP contribution in [-0.2, 0) is 11.2 Å². The Morgan fingerprint density at radius 1 is 1.10 bits per heavy atom. The molecule has 0 saturated heterocycles. The van der Waals surface area contributed by atoms with Gasteiger partial charge in [0.1, 0.15) is 0 Å². The minimum absolute atomic E-state index is 0.534. The molecular weight excluding hydrogens is 264 g/mol. The highest BCUT2D eigenvalue weighted by molar-refractivity contribution is 5.87. The van der Waals surface area contributed by atoms with Crippen molar-refractivity contribution in [2.24, 2.45) is 5.10 Å². The Morgan fingerprint density at radius 2 is 1.67 bits per heavy atom. The Balaban J connectivity index is 1.92. The highest BCUT2D eigenvalue weighted by atomic mass is 16.3. The van der Waals surface area contributed by atoms with Crippen LogP contribution in [0.4, 0.5) is 0 Å². The summed E-state index contributed by atoms with van der Waals surface area (Å²) in [6.07, 6.45) is -0.554. The minimum atomic E-state index is -1.21. The molecule has 2 N–H and O–H groups in total. The summed E-state index contributed by atoms with van der Waals surface area (Å²) in [6, 6.07) is 18.6. The molecule has 108 valence electrons. The van der Waals surface area contributed by atoms with Gasteiger partial charge in [0, 0.05) is 12.1 Å². The van der Waals surface area contributed by atoms with E-state index in [9.17, 15) is 9.90 Å². The topological polar surface area (TPSA) is 61.7 Å². The summed E-state index contributed by atoms with van der Waals surface area (Å²) in [5, 5.41) is 13.9. The number of nitrogens with zero attached hydrogens (tertiary/aromatic N) is 1. The van der Waals surface area contributed by atoms with Crippen LogP contribution < -0.4 is 5.43 Å². The first-order valence-electron chi connectivity index (χ1n) is 6.77. The fourth-order valence-electron chi connectivity index (χ4n) is 1.93. The van der Waals surface area contributed by atoms with E-state index in [4.69, 9.17) is 0 Å². The Labute approximate surface area is 124 Å². The third-order valence-corrected chi connectivity index (χ3v) is 3.02. The second-order valence-electron chi connectivity index (χ2n) is 4.80. The lowest BCUT2D eigenvalue weighted by atomic mass is 10.1. The number of amides is 1. The zero-order valence-electron chi connectivity index (χ0n) is 11.9. The Morgan fingerprint density at radius 3 is 2.29 bits per heavy atom. The van der Waals surface area contributed by atoms with E-state index < -0.39 is 12.0 Å². The molecule has 2 aromatic rings. The normalized spacial score (nSPS) is 12.8. The fraction of sp³-hybridized carbons (Fsp3) is 0.176. The number of hydrogen-bond acceptors (Lipinski definition) is 3. The highest BCUT2D eigenvalue weighted by Gasteiger charge is 2.16. The fourth-order valence-corrected chi connectivity index (χ4v) is 1.93. The van der Waals surface area contributed by atoms with Crippen LogP contribution in [0.5, 0.6) is 0 Å². The van der Waals surface area contributed by atoms with E-state index in [1.807, 2.05) is 43.3 Å². The number of benzene rings is 2.